The van der Waals surface area contributed by atoms with Crippen molar-refractivity contribution >= 4 is 23.2 Å². The number of rotatable bonds is 4. The number of nitrogens with one attached hydrogen (secondary N) is 2. The van der Waals surface area contributed by atoms with E-state index in [4.69, 9.17) is 0 Å². The van der Waals surface area contributed by atoms with E-state index in [1.807, 2.05) is 24.3 Å². The van der Waals surface area contributed by atoms with Gasteiger partial charge in [-0.3, -0.25) is 9.59 Å². The minimum atomic E-state index is -0.138. The van der Waals surface area contributed by atoms with E-state index in [0.717, 1.165) is 61.7 Å². The lowest BCUT2D eigenvalue weighted by Gasteiger charge is -2.45. The molecule has 1 aromatic carbocycles. The molecule has 6 fully saturated rings. The van der Waals surface area contributed by atoms with Gasteiger partial charge in [-0.1, -0.05) is 0 Å². The van der Waals surface area contributed by atoms with Crippen LogP contribution in [0.2, 0.25) is 0 Å². The normalized spacial score (nSPS) is 36.1. The fraction of sp³-hybridized carbons (Fsp3) is 0.667. The van der Waals surface area contributed by atoms with Gasteiger partial charge in [-0.05, 0) is 113 Å². The fourth-order valence-electron chi connectivity index (χ4n) is 6.34. The van der Waals surface area contributed by atoms with E-state index >= 15 is 0 Å². The summed E-state index contributed by atoms with van der Waals surface area (Å²) >= 11 is 0. The molecule has 0 saturated heterocycles. The van der Waals surface area contributed by atoms with Gasteiger partial charge < -0.3 is 10.6 Å². The Labute approximate surface area is 167 Å². The van der Waals surface area contributed by atoms with Crippen molar-refractivity contribution in [1.29, 1.82) is 0 Å². The molecule has 6 aliphatic carbocycles. The summed E-state index contributed by atoms with van der Waals surface area (Å²) in [6, 6.07) is 7.70. The summed E-state index contributed by atoms with van der Waals surface area (Å²) in [6.07, 6.45) is 13.5. The monoisotopic (exact) mass is 380 g/mol. The van der Waals surface area contributed by atoms with Gasteiger partial charge in [0.15, 0.2) is 0 Å². The maximum Gasteiger partial charge on any atom is 0.230 e. The predicted octanol–water partition coefficient (Wildman–Crippen LogP) is 5.50. The number of benzene rings is 1. The number of anilines is 2. The van der Waals surface area contributed by atoms with Crippen LogP contribution in [-0.2, 0) is 9.59 Å². The Kier molecular flexibility index (Phi) is 4.48. The zero-order valence-electron chi connectivity index (χ0n) is 16.8. The van der Waals surface area contributed by atoms with Crippen LogP contribution in [0, 0.1) is 22.7 Å². The maximum atomic E-state index is 12.9. The molecule has 28 heavy (non-hydrogen) atoms. The standard InChI is InChI=1S/C24H32N2O2/c27-21(23-11-5-17(6-12-23)7-13-23)25-19-1-2-20(4-3-19)26-22(28)24-14-8-18(9-15-24)10-16-24/h1-4,17-18H,5-16H2,(H,25,27)(H,26,28). The lowest BCUT2D eigenvalue weighted by atomic mass is 9.60. The van der Waals surface area contributed by atoms with Gasteiger partial charge in [-0.25, -0.2) is 0 Å². The van der Waals surface area contributed by atoms with E-state index in [0.29, 0.717) is 0 Å². The Morgan fingerprint density at radius 3 is 1.18 bits per heavy atom. The SMILES string of the molecule is O=C(Nc1ccc(NC(=O)C23CCC(CC2)CC3)cc1)C12CCC(CC1)CC2. The van der Waals surface area contributed by atoms with E-state index in [1.54, 1.807) is 0 Å². The number of carbonyl (C=O) groups excluding carboxylic acids is 2. The first-order chi connectivity index (χ1) is 13.6. The molecule has 2 amide bonds. The molecule has 0 atom stereocenters. The molecule has 0 aliphatic heterocycles. The second-order valence-corrected chi connectivity index (χ2v) is 10.0. The van der Waals surface area contributed by atoms with Crippen molar-refractivity contribution in [2.45, 2.75) is 77.0 Å². The summed E-state index contributed by atoms with van der Waals surface area (Å²) in [6.45, 7) is 0. The molecule has 4 nitrogen and oxygen atoms in total. The summed E-state index contributed by atoms with van der Waals surface area (Å²) < 4.78 is 0. The summed E-state index contributed by atoms with van der Waals surface area (Å²) in [5.74, 6) is 2.10. The van der Waals surface area contributed by atoms with Crippen LogP contribution in [0.3, 0.4) is 0 Å². The van der Waals surface area contributed by atoms with E-state index in [9.17, 15) is 9.59 Å². The Bertz CT molecular complexity index is 661. The number of carbonyl (C=O) groups is 2. The van der Waals surface area contributed by atoms with Crippen LogP contribution >= 0.6 is 0 Å². The van der Waals surface area contributed by atoms with Crippen molar-refractivity contribution in [2.75, 3.05) is 10.6 Å². The van der Waals surface area contributed by atoms with E-state index in [-0.39, 0.29) is 22.6 Å². The fourth-order valence-corrected chi connectivity index (χ4v) is 6.34. The molecule has 0 spiro atoms. The lowest BCUT2D eigenvalue weighted by Crippen LogP contribution is -2.43. The molecule has 4 heteroatoms. The highest BCUT2D eigenvalue weighted by Crippen LogP contribution is 2.51. The molecule has 0 radical (unpaired) electrons. The first kappa shape index (κ1) is 18.2. The van der Waals surface area contributed by atoms with Crippen LogP contribution in [0.4, 0.5) is 11.4 Å². The smallest absolute Gasteiger partial charge is 0.230 e. The van der Waals surface area contributed by atoms with Crippen molar-refractivity contribution in [3.8, 4) is 0 Å². The number of fused-ring (bicyclic) bond motifs is 6. The van der Waals surface area contributed by atoms with Gasteiger partial charge in [0.25, 0.3) is 0 Å². The van der Waals surface area contributed by atoms with Gasteiger partial charge >= 0.3 is 0 Å². The molecule has 0 aromatic heterocycles. The minimum Gasteiger partial charge on any atom is -0.326 e. The molecule has 1 aromatic rings. The molecule has 150 valence electrons. The minimum absolute atomic E-state index is 0.138. The van der Waals surface area contributed by atoms with Crippen molar-refractivity contribution in [1.82, 2.24) is 0 Å². The summed E-state index contributed by atoms with van der Waals surface area (Å²) in [7, 11) is 0. The van der Waals surface area contributed by atoms with Gasteiger partial charge in [0.2, 0.25) is 11.8 Å². The van der Waals surface area contributed by atoms with Crippen LogP contribution in [0.15, 0.2) is 24.3 Å². The Morgan fingerprint density at radius 2 is 0.893 bits per heavy atom. The molecule has 4 bridgehead atoms. The van der Waals surface area contributed by atoms with Crippen molar-refractivity contribution in [3.05, 3.63) is 24.3 Å². The van der Waals surface area contributed by atoms with Crippen LogP contribution < -0.4 is 10.6 Å². The highest BCUT2D eigenvalue weighted by Gasteiger charge is 2.46. The van der Waals surface area contributed by atoms with Gasteiger partial charge in [0, 0.05) is 22.2 Å². The van der Waals surface area contributed by atoms with Crippen molar-refractivity contribution < 1.29 is 9.59 Å². The second kappa shape index (κ2) is 6.89. The van der Waals surface area contributed by atoms with Crippen LogP contribution in [0.5, 0.6) is 0 Å². The van der Waals surface area contributed by atoms with E-state index < -0.39 is 0 Å². The highest BCUT2D eigenvalue weighted by atomic mass is 16.2. The largest absolute Gasteiger partial charge is 0.326 e. The molecule has 0 heterocycles. The molecule has 2 N–H and O–H groups in total. The molecular weight excluding hydrogens is 348 g/mol. The number of amides is 2. The average molecular weight is 381 g/mol. The van der Waals surface area contributed by atoms with Gasteiger partial charge in [-0.15, -0.1) is 0 Å². The van der Waals surface area contributed by atoms with E-state index in [2.05, 4.69) is 10.6 Å². The Morgan fingerprint density at radius 1 is 0.607 bits per heavy atom. The quantitative estimate of drug-likeness (QED) is 0.724. The van der Waals surface area contributed by atoms with Gasteiger partial charge in [0.1, 0.15) is 0 Å². The lowest BCUT2D eigenvalue weighted by molar-refractivity contribution is -0.132. The van der Waals surface area contributed by atoms with Gasteiger partial charge in [-0.2, -0.15) is 0 Å². The van der Waals surface area contributed by atoms with Crippen LogP contribution in [0.25, 0.3) is 0 Å². The number of hydrogen-bond donors (Lipinski definition) is 2. The molecule has 6 aliphatic rings. The maximum absolute atomic E-state index is 12.9. The van der Waals surface area contributed by atoms with Crippen molar-refractivity contribution in [2.24, 2.45) is 22.7 Å². The average Bonchev–Trinajstić information content (AvgIpc) is 2.77. The number of hydrogen-bond acceptors (Lipinski definition) is 2. The van der Waals surface area contributed by atoms with Crippen LogP contribution in [0.1, 0.15) is 77.0 Å². The molecule has 0 unspecified atom stereocenters. The first-order valence-corrected chi connectivity index (χ1v) is 11.3. The third-order valence-electron chi connectivity index (χ3n) is 8.55. The third kappa shape index (κ3) is 3.15. The highest BCUT2D eigenvalue weighted by molar-refractivity contribution is 5.97. The Hall–Kier alpha value is -1.84. The zero-order chi connectivity index (χ0) is 19.2. The van der Waals surface area contributed by atoms with Crippen molar-refractivity contribution in [3.63, 3.8) is 0 Å². The topological polar surface area (TPSA) is 58.2 Å². The van der Waals surface area contributed by atoms with E-state index in [1.165, 1.54) is 38.5 Å². The summed E-state index contributed by atoms with van der Waals surface area (Å²) in [5.41, 5.74) is 1.39. The zero-order valence-corrected chi connectivity index (χ0v) is 16.8. The Balaban J connectivity index is 1.21. The third-order valence-corrected chi connectivity index (χ3v) is 8.55. The summed E-state index contributed by atoms with van der Waals surface area (Å²) in [4.78, 5) is 25.8. The van der Waals surface area contributed by atoms with Crippen LogP contribution in [-0.4, -0.2) is 11.8 Å². The first-order valence-electron chi connectivity index (χ1n) is 11.3. The molecule has 6 saturated carbocycles. The summed E-state index contributed by atoms with van der Waals surface area (Å²) in [5, 5.41) is 6.29. The molecular formula is C24H32N2O2. The second-order valence-electron chi connectivity index (χ2n) is 10.0. The predicted molar refractivity (Wildman–Crippen MR) is 111 cm³/mol. The van der Waals surface area contributed by atoms with Gasteiger partial charge in [0.05, 0.1) is 0 Å². The molecule has 7 rings (SSSR count).